The molecule has 0 saturated carbocycles. The van der Waals surface area contributed by atoms with E-state index in [2.05, 4.69) is 60.7 Å². The van der Waals surface area contributed by atoms with Crippen LogP contribution in [-0.2, 0) is 0 Å². The molecule has 5 aromatic rings. The SMILES string of the molecule is Cc1cc(O)cc2c1ccc1c2ccc2c3ccccc3ccc21. The Hall–Kier alpha value is -3.06. The van der Waals surface area contributed by atoms with Crippen molar-refractivity contribution in [3.8, 4) is 5.75 Å². The Morgan fingerprint density at radius 2 is 1.12 bits per heavy atom. The number of phenolic OH excluding ortho intramolecular Hbond substituents is 1. The number of benzene rings is 5. The van der Waals surface area contributed by atoms with Crippen LogP contribution >= 0.6 is 0 Å². The zero-order valence-corrected chi connectivity index (χ0v) is 13.4. The number of aryl methyl sites for hydroxylation is 1. The van der Waals surface area contributed by atoms with Gasteiger partial charge in [-0.25, -0.2) is 0 Å². The smallest absolute Gasteiger partial charge is 0.116 e. The highest BCUT2D eigenvalue weighted by Gasteiger charge is 2.09. The summed E-state index contributed by atoms with van der Waals surface area (Å²) in [5.41, 5.74) is 1.10. The van der Waals surface area contributed by atoms with E-state index in [4.69, 9.17) is 0 Å². The number of aromatic hydroxyl groups is 1. The van der Waals surface area contributed by atoms with Crippen LogP contribution < -0.4 is 0 Å². The van der Waals surface area contributed by atoms with Gasteiger partial charge in [0.25, 0.3) is 0 Å². The molecule has 0 fully saturated rings. The number of hydrogen-bond acceptors (Lipinski definition) is 1. The fourth-order valence-electron chi connectivity index (χ4n) is 3.92. The van der Waals surface area contributed by atoms with Gasteiger partial charge in [-0.3, -0.25) is 0 Å². The predicted octanol–water partition coefficient (Wildman–Crippen LogP) is 6.31. The summed E-state index contributed by atoms with van der Waals surface area (Å²) < 4.78 is 0. The molecule has 0 heterocycles. The Kier molecular flexibility index (Phi) is 2.63. The van der Waals surface area contributed by atoms with Crippen molar-refractivity contribution in [2.45, 2.75) is 6.92 Å². The second kappa shape index (κ2) is 4.72. The van der Waals surface area contributed by atoms with Gasteiger partial charge in [-0.1, -0.05) is 60.7 Å². The third-order valence-electron chi connectivity index (χ3n) is 5.05. The molecule has 0 aromatic heterocycles. The first-order chi connectivity index (χ1) is 11.7. The van der Waals surface area contributed by atoms with Crippen LogP contribution in [0, 0.1) is 6.92 Å². The third-order valence-corrected chi connectivity index (χ3v) is 5.05. The highest BCUT2D eigenvalue weighted by Crippen LogP contribution is 2.36. The van der Waals surface area contributed by atoms with Crippen LogP contribution in [0.2, 0.25) is 0 Å². The van der Waals surface area contributed by atoms with Gasteiger partial charge in [0.15, 0.2) is 0 Å². The van der Waals surface area contributed by atoms with E-state index in [0.29, 0.717) is 5.75 Å². The van der Waals surface area contributed by atoms with E-state index >= 15 is 0 Å². The third kappa shape index (κ3) is 1.75. The van der Waals surface area contributed by atoms with Gasteiger partial charge >= 0.3 is 0 Å². The number of rotatable bonds is 0. The second-order valence-electron chi connectivity index (χ2n) is 6.47. The van der Waals surface area contributed by atoms with E-state index in [9.17, 15) is 5.11 Å². The van der Waals surface area contributed by atoms with Crippen LogP contribution in [0.3, 0.4) is 0 Å². The first-order valence-corrected chi connectivity index (χ1v) is 8.19. The lowest BCUT2D eigenvalue weighted by molar-refractivity contribution is 0.476. The fraction of sp³-hybridized carbons (Fsp3) is 0.0435. The lowest BCUT2D eigenvalue weighted by atomic mass is 9.93. The topological polar surface area (TPSA) is 20.2 Å². The van der Waals surface area contributed by atoms with Crippen LogP contribution in [0.5, 0.6) is 5.75 Å². The lowest BCUT2D eigenvalue weighted by Crippen LogP contribution is -1.84. The maximum Gasteiger partial charge on any atom is 0.116 e. The van der Waals surface area contributed by atoms with Crippen LogP contribution in [0.4, 0.5) is 0 Å². The lowest BCUT2D eigenvalue weighted by Gasteiger charge is -2.11. The minimum absolute atomic E-state index is 0.325. The van der Waals surface area contributed by atoms with Gasteiger partial charge in [0.1, 0.15) is 5.75 Å². The van der Waals surface area contributed by atoms with Crippen molar-refractivity contribution < 1.29 is 5.11 Å². The van der Waals surface area contributed by atoms with E-state index < -0.39 is 0 Å². The fourth-order valence-corrected chi connectivity index (χ4v) is 3.92. The molecule has 0 saturated heterocycles. The zero-order chi connectivity index (χ0) is 16.3. The van der Waals surface area contributed by atoms with E-state index in [-0.39, 0.29) is 0 Å². The minimum atomic E-state index is 0.325. The molecule has 0 bridgehead atoms. The van der Waals surface area contributed by atoms with Crippen LogP contribution in [0.15, 0.2) is 72.8 Å². The number of phenols is 1. The van der Waals surface area contributed by atoms with Crippen molar-refractivity contribution in [3.05, 3.63) is 78.4 Å². The Morgan fingerprint density at radius 3 is 1.92 bits per heavy atom. The number of fused-ring (bicyclic) bond motifs is 7. The normalized spacial score (nSPS) is 11.7. The summed E-state index contributed by atoms with van der Waals surface area (Å²) >= 11 is 0. The van der Waals surface area contributed by atoms with Crippen LogP contribution in [0.1, 0.15) is 5.56 Å². The average molecular weight is 308 g/mol. The summed E-state index contributed by atoms with van der Waals surface area (Å²) in [5.74, 6) is 0.325. The van der Waals surface area contributed by atoms with Crippen molar-refractivity contribution in [1.82, 2.24) is 0 Å². The maximum absolute atomic E-state index is 10.0. The van der Waals surface area contributed by atoms with Gasteiger partial charge in [0.05, 0.1) is 0 Å². The van der Waals surface area contributed by atoms with Gasteiger partial charge in [-0.2, -0.15) is 0 Å². The molecule has 5 rings (SSSR count). The first kappa shape index (κ1) is 13.4. The molecule has 24 heavy (non-hydrogen) atoms. The molecule has 1 N–H and O–H groups in total. The van der Waals surface area contributed by atoms with Crippen molar-refractivity contribution >= 4 is 43.1 Å². The summed E-state index contributed by atoms with van der Waals surface area (Å²) in [7, 11) is 0. The van der Waals surface area contributed by atoms with Crippen molar-refractivity contribution in [1.29, 1.82) is 0 Å². The summed E-state index contributed by atoms with van der Waals surface area (Å²) in [6, 6.07) is 25.4. The number of hydrogen-bond donors (Lipinski definition) is 1. The Labute approximate surface area is 139 Å². The molecule has 1 heteroatoms. The highest BCUT2D eigenvalue weighted by atomic mass is 16.3. The molecule has 0 aliphatic carbocycles. The van der Waals surface area contributed by atoms with Gasteiger partial charge in [0, 0.05) is 0 Å². The standard InChI is InChI=1S/C23H16O/c1-14-12-16(24)13-23-17(14)8-9-21-20-7-6-15-4-2-3-5-18(15)19(20)10-11-22(21)23/h2-13,24H,1H3. The summed E-state index contributed by atoms with van der Waals surface area (Å²) in [6.45, 7) is 2.04. The Bertz CT molecular complexity index is 1270. The molecule has 0 spiro atoms. The van der Waals surface area contributed by atoms with Gasteiger partial charge in [0.2, 0.25) is 0 Å². The molecular formula is C23H16O. The molecule has 0 unspecified atom stereocenters. The molecule has 0 atom stereocenters. The maximum atomic E-state index is 10.0. The summed E-state index contributed by atoms with van der Waals surface area (Å²) in [6.07, 6.45) is 0. The summed E-state index contributed by atoms with van der Waals surface area (Å²) in [4.78, 5) is 0. The van der Waals surface area contributed by atoms with Crippen LogP contribution in [-0.4, -0.2) is 5.11 Å². The van der Waals surface area contributed by atoms with E-state index in [1.54, 1.807) is 0 Å². The summed E-state index contributed by atoms with van der Waals surface area (Å²) in [5, 5.41) is 19.8. The second-order valence-corrected chi connectivity index (χ2v) is 6.47. The van der Waals surface area contributed by atoms with E-state index in [1.807, 2.05) is 19.1 Å². The monoisotopic (exact) mass is 308 g/mol. The highest BCUT2D eigenvalue weighted by molar-refractivity contribution is 6.22. The molecular weight excluding hydrogens is 292 g/mol. The molecule has 1 nitrogen and oxygen atoms in total. The molecule has 114 valence electrons. The average Bonchev–Trinajstić information content (AvgIpc) is 2.60. The van der Waals surface area contributed by atoms with Crippen molar-refractivity contribution in [2.75, 3.05) is 0 Å². The molecule has 0 amide bonds. The molecule has 0 aliphatic heterocycles. The van der Waals surface area contributed by atoms with Crippen LogP contribution in [0.25, 0.3) is 43.1 Å². The van der Waals surface area contributed by atoms with E-state index in [1.165, 1.54) is 37.7 Å². The first-order valence-electron chi connectivity index (χ1n) is 8.19. The Balaban J connectivity index is 2.02. The Morgan fingerprint density at radius 1 is 0.542 bits per heavy atom. The largest absolute Gasteiger partial charge is 0.508 e. The molecule has 5 aromatic carbocycles. The minimum Gasteiger partial charge on any atom is -0.508 e. The van der Waals surface area contributed by atoms with Crippen molar-refractivity contribution in [2.24, 2.45) is 0 Å². The quantitative estimate of drug-likeness (QED) is 0.332. The van der Waals surface area contributed by atoms with Gasteiger partial charge in [-0.05, 0) is 67.7 Å². The molecule has 0 radical (unpaired) electrons. The zero-order valence-electron chi connectivity index (χ0n) is 13.4. The van der Waals surface area contributed by atoms with E-state index in [0.717, 1.165) is 10.9 Å². The predicted molar refractivity (Wildman–Crippen MR) is 103 cm³/mol. The van der Waals surface area contributed by atoms with Crippen molar-refractivity contribution in [3.63, 3.8) is 0 Å². The van der Waals surface area contributed by atoms with Gasteiger partial charge < -0.3 is 5.11 Å². The van der Waals surface area contributed by atoms with Gasteiger partial charge in [-0.15, -0.1) is 0 Å². The molecule has 0 aliphatic rings.